The number of anilines is 1. The summed E-state index contributed by atoms with van der Waals surface area (Å²) in [6.45, 7) is 6.37. The van der Waals surface area contributed by atoms with E-state index in [1.54, 1.807) is 0 Å². The fourth-order valence-electron chi connectivity index (χ4n) is 2.70. The molecule has 0 radical (unpaired) electrons. The number of aryl methyl sites for hydroxylation is 1. The van der Waals surface area contributed by atoms with E-state index >= 15 is 0 Å². The third kappa shape index (κ3) is 3.94. The Hall–Kier alpha value is -2.95. The highest BCUT2D eigenvalue weighted by Crippen LogP contribution is 2.31. The van der Waals surface area contributed by atoms with E-state index in [1.807, 2.05) is 69.3 Å². The van der Waals surface area contributed by atoms with Crippen LogP contribution in [0.1, 0.15) is 31.2 Å². The molecule has 0 aliphatic rings. The van der Waals surface area contributed by atoms with Gasteiger partial charge in [0.2, 0.25) is 0 Å². The minimum atomic E-state index is -0.274. The summed E-state index contributed by atoms with van der Waals surface area (Å²) in [6, 6.07) is 14.8. The first-order valence-electron chi connectivity index (χ1n) is 8.36. The van der Waals surface area contributed by atoms with Gasteiger partial charge in [0.15, 0.2) is 11.3 Å². The Morgan fingerprint density at radius 1 is 1.20 bits per heavy atom. The summed E-state index contributed by atoms with van der Waals surface area (Å²) in [6.07, 6.45) is 0. The maximum Gasteiger partial charge on any atom is 0.319 e. The molecule has 5 heteroatoms. The van der Waals surface area contributed by atoms with Crippen LogP contribution in [0.4, 0.5) is 10.5 Å². The van der Waals surface area contributed by atoms with Gasteiger partial charge in [-0.15, -0.1) is 0 Å². The van der Waals surface area contributed by atoms with Gasteiger partial charge in [0, 0.05) is 11.1 Å². The summed E-state index contributed by atoms with van der Waals surface area (Å²) < 4.78 is 11.5. The van der Waals surface area contributed by atoms with E-state index in [9.17, 15) is 4.79 Å². The first-order chi connectivity index (χ1) is 12.1. The molecule has 0 fully saturated rings. The molecule has 1 aromatic heterocycles. The third-order valence-electron chi connectivity index (χ3n) is 3.88. The van der Waals surface area contributed by atoms with Crippen molar-refractivity contribution < 1.29 is 13.9 Å². The maximum absolute atomic E-state index is 12.2. The van der Waals surface area contributed by atoms with Gasteiger partial charge in [-0.25, -0.2) is 4.79 Å². The molecule has 130 valence electrons. The van der Waals surface area contributed by atoms with Crippen molar-refractivity contribution in [3.05, 3.63) is 59.9 Å². The number of nitrogens with one attached hydrogen (secondary N) is 2. The molecule has 0 saturated carbocycles. The van der Waals surface area contributed by atoms with Crippen molar-refractivity contribution >= 4 is 22.7 Å². The zero-order valence-electron chi connectivity index (χ0n) is 14.6. The average Bonchev–Trinajstić information content (AvgIpc) is 3.00. The number of carbonyl (C=O) groups is 1. The van der Waals surface area contributed by atoms with Gasteiger partial charge in [-0.1, -0.05) is 24.3 Å². The van der Waals surface area contributed by atoms with Crippen LogP contribution in [0.2, 0.25) is 0 Å². The predicted octanol–water partition coefficient (Wildman–Crippen LogP) is 5.02. The summed E-state index contributed by atoms with van der Waals surface area (Å²) in [7, 11) is 0. The molecular weight excluding hydrogens is 316 g/mol. The van der Waals surface area contributed by atoms with Crippen LogP contribution in [0.25, 0.3) is 11.0 Å². The maximum atomic E-state index is 12.2. The SMILES string of the molecule is CCOc1cccc2cc(C(C)NC(=O)Nc3cccc(C)c3)oc12. The summed E-state index contributed by atoms with van der Waals surface area (Å²) in [5, 5.41) is 6.68. The molecule has 0 spiro atoms. The number of hydrogen-bond donors (Lipinski definition) is 2. The molecule has 0 saturated heterocycles. The second kappa shape index (κ2) is 7.30. The summed E-state index contributed by atoms with van der Waals surface area (Å²) in [5.74, 6) is 1.39. The molecule has 1 atom stereocenters. The third-order valence-corrected chi connectivity index (χ3v) is 3.88. The number of fused-ring (bicyclic) bond motifs is 1. The van der Waals surface area contributed by atoms with Crippen LogP contribution in [0.15, 0.2) is 52.9 Å². The van der Waals surface area contributed by atoms with E-state index in [-0.39, 0.29) is 12.1 Å². The molecule has 25 heavy (non-hydrogen) atoms. The lowest BCUT2D eigenvalue weighted by atomic mass is 10.2. The van der Waals surface area contributed by atoms with Gasteiger partial charge in [-0.05, 0) is 50.6 Å². The lowest BCUT2D eigenvalue weighted by molar-refractivity contribution is 0.248. The van der Waals surface area contributed by atoms with Crippen LogP contribution in [-0.4, -0.2) is 12.6 Å². The van der Waals surface area contributed by atoms with Gasteiger partial charge in [-0.2, -0.15) is 0 Å². The molecule has 3 rings (SSSR count). The monoisotopic (exact) mass is 338 g/mol. The van der Waals surface area contributed by atoms with E-state index in [4.69, 9.17) is 9.15 Å². The number of hydrogen-bond acceptors (Lipinski definition) is 3. The highest BCUT2D eigenvalue weighted by molar-refractivity contribution is 5.90. The van der Waals surface area contributed by atoms with E-state index in [0.717, 1.165) is 16.6 Å². The summed E-state index contributed by atoms with van der Waals surface area (Å²) in [5.41, 5.74) is 2.55. The van der Waals surface area contributed by atoms with Gasteiger partial charge >= 0.3 is 6.03 Å². The number of para-hydroxylation sites is 1. The molecule has 0 bridgehead atoms. The molecule has 2 N–H and O–H groups in total. The fourth-order valence-corrected chi connectivity index (χ4v) is 2.70. The quantitative estimate of drug-likeness (QED) is 0.686. The number of rotatable bonds is 5. The van der Waals surface area contributed by atoms with Gasteiger partial charge in [0.05, 0.1) is 12.6 Å². The van der Waals surface area contributed by atoms with Crippen molar-refractivity contribution in [1.29, 1.82) is 0 Å². The van der Waals surface area contributed by atoms with Gasteiger partial charge in [0.1, 0.15) is 5.76 Å². The van der Waals surface area contributed by atoms with Gasteiger partial charge in [-0.3, -0.25) is 0 Å². The summed E-state index contributed by atoms with van der Waals surface area (Å²) >= 11 is 0. The molecule has 1 heterocycles. The normalized spacial score (nSPS) is 12.0. The first-order valence-corrected chi connectivity index (χ1v) is 8.36. The second-order valence-electron chi connectivity index (χ2n) is 5.95. The summed E-state index contributed by atoms with van der Waals surface area (Å²) in [4.78, 5) is 12.2. The smallest absolute Gasteiger partial charge is 0.319 e. The Balaban J connectivity index is 1.72. The molecular formula is C20H22N2O3. The molecule has 2 amide bonds. The van der Waals surface area contributed by atoms with Crippen LogP contribution in [0, 0.1) is 6.92 Å². The van der Waals surface area contributed by atoms with Crippen LogP contribution < -0.4 is 15.4 Å². The first kappa shape index (κ1) is 16.9. The Morgan fingerprint density at radius 2 is 2.00 bits per heavy atom. The van der Waals surface area contributed by atoms with E-state index < -0.39 is 0 Å². The van der Waals surface area contributed by atoms with Crippen LogP contribution in [0.3, 0.4) is 0 Å². The molecule has 5 nitrogen and oxygen atoms in total. The number of benzene rings is 2. The Morgan fingerprint density at radius 3 is 2.76 bits per heavy atom. The van der Waals surface area contributed by atoms with Crippen molar-refractivity contribution in [3.8, 4) is 5.75 Å². The number of urea groups is 1. The van der Waals surface area contributed by atoms with Gasteiger partial charge in [0.25, 0.3) is 0 Å². The Bertz CT molecular complexity index is 886. The van der Waals surface area contributed by atoms with Crippen LogP contribution >= 0.6 is 0 Å². The standard InChI is InChI=1S/C20H22N2O3/c1-4-24-17-10-6-8-15-12-18(25-19(15)17)14(3)21-20(23)22-16-9-5-7-13(2)11-16/h5-12,14H,4H2,1-3H3,(H2,21,22,23). The van der Waals surface area contributed by atoms with Crippen molar-refractivity contribution in [2.24, 2.45) is 0 Å². The number of carbonyl (C=O) groups excluding carboxylic acids is 1. The van der Waals surface area contributed by atoms with Crippen molar-refractivity contribution in [1.82, 2.24) is 5.32 Å². The largest absolute Gasteiger partial charge is 0.490 e. The molecule has 1 unspecified atom stereocenters. The zero-order chi connectivity index (χ0) is 17.8. The lowest BCUT2D eigenvalue weighted by Gasteiger charge is -2.13. The highest BCUT2D eigenvalue weighted by atomic mass is 16.5. The van der Waals surface area contributed by atoms with Crippen LogP contribution in [0.5, 0.6) is 5.75 Å². The van der Waals surface area contributed by atoms with E-state index in [0.29, 0.717) is 23.7 Å². The zero-order valence-corrected chi connectivity index (χ0v) is 14.6. The Labute approximate surface area is 147 Å². The molecule has 0 aliphatic carbocycles. The van der Waals surface area contributed by atoms with Crippen molar-refractivity contribution in [3.63, 3.8) is 0 Å². The van der Waals surface area contributed by atoms with Crippen molar-refractivity contribution in [2.45, 2.75) is 26.8 Å². The van der Waals surface area contributed by atoms with E-state index in [2.05, 4.69) is 10.6 Å². The van der Waals surface area contributed by atoms with Gasteiger partial charge < -0.3 is 19.8 Å². The second-order valence-corrected chi connectivity index (χ2v) is 5.95. The van der Waals surface area contributed by atoms with Crippen LogP contribution in [-0.2, 0) is 0 Å². The fraction of sp³-hybridized carbons (Fsp3) is 0.250. The van der Waals surface area contributed by atoms with Crippen molar-refractivity contribution in [2.75, 3.05) is 11.9 Å². The number of ether oxygens (including phenoxy) is 1. The lowest BCUT2D eigenvalue weighted by Crippen LogP contribution is -2.30. The molecule has 3 aromatic rings. The van der Waals surface area contributed by atoms with E-state index in [1.165, 1.54) is 0 Å². The minimum Gasteiger partial charge on any atom is -0.490 e. The average molecular weight is 338 g/mol. The topological polar surface area (TPSA) is 63.5 Å². The highest BCUT2D eigenvalue weighted by Gasteiger charge is 2.16. The predicted molar refractivity (Wildman–Crippen MR) is 99.1 cm³/mol. The number of furan rings is 1. The molecule has 0 aliphatic heterocycles. The number of amides is 2. The minimum absolute atomic E-state index is 0.272. The molecule has 2 aromatic carbocycles. The Kier molecular flexibility index (Phi) is 4.93.